The van der Waals surface area contributed by atoms with Crippen LogP contribution in [-0.2, 0) is 4.79 Å². The second kappa shape index (κ2) is 7.84. The van der Waals surface area contributed by atoms with E-state index in [9.17, 15) is 9.18 Å². The highest BCUT2D eigenvalue weighted by atomic mass is 19.1. The van der Waals surface area contributed by atoms with Crippen molar-refractivity contribution in [2.45, 2.75) is 13.0 Å². The van der Waals surface area contributed by atoms with E-state index in [1.807, 2.05) is 21.0 Å². The summed E-state index contributed by atoms with van der Waals surface area (Å²) >= 11 is 0. The number of rotatable bonds is 6. The number of nitrogens with one attached hydrogen (secondary N) is 1. The summed E-state index contributed by atoms with van der Waals surface area (Å²) in [6.45, 7) is 1.99. The maximum absolute atomic E-state index is 12.9. The van der Waals surface area contributed by atoms with Crippen molar-refractivity contribution in [2.75, 3.05) is 43.6 Å². The quantitative estimate of drug-likeness (QED) is 0.812. The maximum atomic E-state index is 12.9. The molecule has 0 aliphatic rings. The van der Waals surface area contributed by atoms with Crippen LogP contribution in [-0.4, -0.2) is 53.4 Å². The molecule has 134 valence electrons. The van der Waals surface area contributed by atoms with E-state index in [0.717, 1.165) is 0 Å². The Labute approximate surface area is 145 Å². The fourth-order valence-corrected chi connectivity index (χ4v) is 2.08. The molecule has 0 unspecified atom stereocenters. The number of amides is 1. The zero-order valence-electron chi connectivity index (χ0n) is 14.7. The van der Waals surface area contributed by atoms with Crippen molar-refractivity contribution >= 4 is 23.5 Å². The highest BCUT2D eigenvalue weighted by molar-refractivity contribution is 5.92. The van der Waals surface area contributed by atoms with Gasteiger partial charge in [0.1, 0.15) is 5.82 Å². The van der Waals surface area contributed by atoms with Gasteiger partial charge in [-0.05, 0) is 38.2 Å². The molecule has 9 heteroatoms. The van der Waals surface area contributed by atoms with Gasteiger partial charge in [0, 0.05) is 19.8 Å². The molecule has 1 atom stereocenters. The molecule has 0 fully saturated rings. The van der Waals surface area contributed by atoms with E-state index in [2.05, 4.69) is 20.3 Å². The van der Waals surface area contributed by atoms with E-state index in [1.54, 1.807) is 16.8 Å². The van der Waals surface area contributed by atoms with E-state index in [4.69, 9.17) is 5.73 Å². The third-order valence-electron chi connectivity index (χ3n) is 3.61. The first-order valence-corrected chi connectivity index (χ1v) is 7.70. The molecule has 3 N–H and O–H groups in total. The molecule has 1 aromatic carbocycles. The lowest BCUT2D eigenvalue weighted by Gasteiger charge is -2.23. The third kappa shape index (κ3) is 5.08. The average Bonchev–Trinajstić information content (AvgIpc) is 2.55. The van der Waals surface area contributed by atoms with Crippen molar-refractivity contribution in [3.63, 3.8) is 0 Å². The summed E-state index contributed by atoms with van der Waals surface area (Å²) in [5.74, 6) is 0.486. The summed E-state index contributed by atoms with van der Waals surface area (Å²) in [6.07, 6.45) is 0. The van der Waals surface area contributed by atoms with Crippen LogP contribution in [0.3, 0.4) is 0 Å². The first-order valence-electron chi connectivity index (χ1n) is 7.70. The van der Waals surface area contributed by atoms with E-state index in [-0.39, 0.29) is 30.3 Å². The fourth-order valence-electron chi connectivity index (χ4n) is 2.08. The first kappa shape index (κ1) is 18.5. The Bertz CT molecular complexity index is 736. The Kier molecular flexibility index (Phi) is 5.81. The minimum atomic E-state index is -0.354. The van der Waals surface area contributed by atoms with Gasteiger partial charge in [-0.1, -0.05) is 0 Å². The van der Waals surface area contributed by atoms with Crippen LogP contribution in [0.15, 0.2) is 24.3 Å². The van der Waals surface area contributed by atoms with Gasteiger partial charge in [-0.2, -0.15) is 15.0 Å². The molecule has 0 radical (unpaired) electrons. The normalized spacial score (nSPS) is 12.1. The molecule has 8 nitrogen and oxygen atoms in total. The number of aromatic nitrogens is 3. The number of anilines is 3. The van der Waals surface area contributed by atoms with Crippen LogP contribution >= 0.6 is 0 Å². The number of hydrogen-bond acceptors (Lipinski definition) is 7. The number of likely N-dealkylation sites (N-methyl/N-ethyl adjacent to an activating group) is 1. The third-order valence-corrected chi connectivity index (χ3v) is 3.61. The molecule has 0 aliphatic carbocycles. The molecule has 2 rings (SSSR count). The smallest absolute Gasteiger partial charge is 0.238 e. The highest BCUT2D eigenvalue weighted by Crippen LogP contribution is 2.17. The van der Waals surface area contributed by atoms with Crippen LogP contribution in [0.1, 0.15) is 18.8 Å². The highest BCUT2D eigenvalue weighted by Gasteiger charge is 2.19. The molecule has 1 aromatic heterocycles. The van der Waals surface area contributed by atoms with Gasteiger partial charge in [0.15, 0.2) is 5.82 Å². The monoisotopic (exact) mass is 347 g/mol. The van der Waals surface area contributed by atoms with Gasteiger partial charge in [0.05, 0.1) is 12.6 Å². The average molecular weight is 347 g/mol. The maximum Gasteiger partial charge on any atom is 0.238 e. The molecule has 1 heterocycles. The molecule has 0 saturated heterocycles. The molecule has 0 saturated carbocycles. The summed E-state index contributed by atoms with van der Waals surface area (Å²) in [5, 5.41) is 2.71. The molecule has 0 aliphatic heterocycles. The van der Waals surface area contributed by atoms with E-state index < -0.39 is 0 Å². The fraction of sp³-hybridized carbons (Fsp3) is 0.375. The molecule has 2 aromatic rings. The van der Waals surface area contributed by atoms with Crippen molar-refractivity contribution in [1.82, 2.24) is 19.9 Å². The minimum absolute atomic E-state index is 0.113. The SMILES string of the molecule is C[C@H](c1nc(N)nc(N(C)C)n1)N(C)CC(=O)Nc1ccc(F)cc1. The van der Waals surface area contributed by atoms with Crippen LogP contribution in [0.4, 0.5) is 22.0 Å². The van der Waals surface area contributed by atoms with Crippen LogP contribution < -0.4 is 16.0 Å². The van der Waals surface area contributed by atoms with Crippen molar-refractivity contribution < 1.29 is 9.18 Å². The van der Waals surface area contributed by atoms with Gasteiger partial charge in [-0.3, -0.25) is 9.69 Å². The number of nitrogen functional groups attached to an aromatic ring is 1. The van der Waals surface area contributed by atoms with Gasteiger partial charge in [0.2, 0.25) is 17.8 Å². The Morgan fingerprint density at radius 3 is 2.44 bits per heavy atom. The van der Waals surface area contributed by atoms with Gasteiger partial charge in [0.25, 0.3) is 0 Å². The largest absolute Gasteiger partial charge is 0.368 e. The molecule has 0 spiro atoms. The number of nitrogens with zero attached hydrogens (tertiary/aromatic N) is 5. The Morgan fingerprint density at radius 2 is 1.84 bits per heavy atom. The first-order chi connectivity index (χ1) is 11.8. The zero-order chi connectivity index (χ0) is 18.6. The lowest BCUT2D eigenvalue weighted by molar-refractivity contribution is -0.117. The van der Waals surface area contributed by atoms with Gasteiger partial charge < -0.3 is 16.0 Å². The summed E-state index contributed by atoms with van der Waals surface area (Å²) in [5.41, 5.74) is 6.27. The van der Waals surface area contributed by atoms with Crippen molar-refractivity contribution in [3.8, 4) is 0 Å². The number of carbonyl (C=O) groups is 1. The molecule has 0 bridgehead atoms. The van der Waals surface area contributed by atoms with Crippen molar-refractivity contribution in [1.29, 1.82) is 0 Å². The number of nitrogens with two attached hydrogens (primary N) is 1. The van der Waals surface area contributed by atoms with Crippen molar-refractivity contribution in [3.05, 3.63) is 35.9 Å². The van der Waals surface area contributed by atoms with Gasteiger partial charge in [-0.15, -0.1) is 0 Å². The molecule has 25 heavy (non-hydrogen) atoms. The predicted octanol–water partition coefficient (Wildman–Crippen LogP) is 1.29. The minimum Gasteiger partial charge on any atom is -0.368 e. The summed E-state index contributed by atoms with van der Waals surface area (Å²) < 4.78 is 12.9. The van der Waals surface area contributed by atoms with Crippen molar-refractivity contribution in [2.24, 2.45) is 0 Å². The summed E-state index contributed by atoms with van der Waals surface area (Å²) in [6, 6.07) is 5.35. The number of hydrogen-bond donors (Lipinski definition) is 2. The number of carbonyl (C=O) groups excluding carboxylic acids is 1. The molecular weight excluding hydrogens is 325 g/mol. The Morgan fingerprint density at radius 1 is 1.20 bits per heavy atom. The van der Waals surface area contributed by atoms with E-state index >= 15 is 0 Å². The lowest BCUT2D eigenvalue weighted by Crippen LogP contribution is -2.33. The summed E-state index contributed by atoms with van der Waals surface area (Å²) in [7, 11) is 5.40. The van der Waals surface area contributed by atoms with Crippen LogP contribution in [0.5, 0.6) is 0 Å². The number of benzene rings is 1. The Balaban J connectivity index is 2.03. The van der Waals surface area contributed by atoms with Crippen LogP contribution in [0, 0.1) is 5.82 Å². The second-order valence-electron chi connectivity index (χ2n) is 5.89. The Hall–Kier alpha value is -2.81. The van der Waals surface area contributed by atoms with Gasteiger partial charge in [-0.25, -0.2) is 4.39 Å². The number of halogens is 1. The van der Waals surface area contributed by atoms with Crippen LogP contribution in [0.2, 0.25) is 0 Å². The topological polar surface area (TPSA) is 100 Å². The summed E-state index contributed by atoms with van der Waals surface area (Å²) in [4.78, 5) is 28.2. The van der Waals surface area contributed by atoms with Crippen LogP contribution in [0.25, 0.3) is 0 Å². The lowest BCUT2D eigenvalue weighted by atomic mass is 10.2. The standard InChI is InChI=1S/C16H22FN7O/c1-10(14-20-15(18)22-16(21-14)23(2)3)24(4)9-13(25)19-12-7-5-11(17)6-8-12/h5-8,10H,9H2,1-4H3,(H,19,25)(H2,18,20,21,22)/t10-/m1/s1. The molecule has 1 amide bonds. The predicted molar refractivity (Wildman–Crippen MR) is 94.6 cm³/mol. The second-order valence-corrected chi connectivity index (χ2v) is 5.89. The molecular formula is C16H22FN7O. The van der Waals surface area contributed by atoms with E-state index in [1.165, 1.54) is 24.3 Å². The van der Waals surface area contributed by atoms with E-state index in [0.29, 0.717) is 17.5 Å². The zero-order valence-corrected chi connectivity index (χ0v) is 14.7. The van der Waals surface area contributed by atoms with Gasteiger partial charge >= 0.3 is 0 Å².